The average molecular weight is 428 g/mol. The van der Waals surface area contributed by atoms with E-state index in [9.17, 15) is 4.79 Å². The number of amides is 1. The third kappa shape index (κ3) is 4.67. The van der Waals surface area contributed by atoms with Crippen molar-refractivity contribution in [1.29, 1.82) is 0 Å². The number of fused-ring (bicyclic) bond motifs is 1. The highest BCUT2D eigenvalue weighted by atomic mass is 16.5. The number of nitrogens with one attached hydrogen (secondary N) is 2. The van der Waals surface area contributed by atoms with Gasteiger partial charge in [0.2, 0.25) is 0 Å². The maximum atomic E-state index is 12.0. The van der Waals surface area contributed by atoms with Gasteiger partial charge in [-0.05, 0) is 13.3 Å². The molecular weight excluding hydrogens is 402 g/mol. The van der Waals surface area contributed by atoms with Gasteiger partial charge in [0, 0.05) is 23.7 Å². The second kappa shape index (κ2) is 9.87. The smallest absolute Gasteiger partial charge is 0.412 e. The van der Waals surface area contributed by atoms with Crippen LogP contribution in [0.4, 0.5) is 16.3 Å². The molecule has 2 aromatic heterocycles. The number of nitrogens with zero attached hydrogens (tertiary/aromatic N) is 3. The zero-order valence-corrected chi connectivity index (χ0v) is 18.1. The van der Waals surface area contributed by atoms with E-state index >= 15 is 0 Å². The molecule has 1 amide bonds. The lowest BCUT2D eigenvalue weighted by Crippen LogP contribution is -2.15. The van der Waals surface area contributed by atoms with Gasteiger partial charge in [-0.1, -0.05) is 67.6 Å². The molecule has 0 spiro atoms. The Hall–Kier alpha value is -4.00. The monoisotopic (exact) mass is 427 g/mol. The fourth-order valence-electron chi connectivity index (χ4n) is 3.36. The van der Waals surface area contributed by atoms with Crippen molar-refractivity contribution in [3.8, 4) is 22.5 Å². The van der Waals surface area contributed by atoms with Crippen LogP contribution < -0.4 is 10.6 Å². The van der Waals surface area contributed by atoms with Gasteiger partial charge in [-0.3, -0.25) is 5.32 Å². The number of hydrogen-bond acceptors (Lipinski definition) is 6. The summed E-state index contributed by atoms with van der Waals surface area (Å²) in [7, 11) is 0. The lowest BCUT2D eigenvalue weighted by Gasteiger charge is -2.15. The van der Waals surface area contributed by atoms with Crippen molar-refractivity contribution in [1.82, 2.24) is 15.0 Å². The molecule has 32 heavy (non-hydrogen) atoms. The molecular formula is C25H25N5O2. The minimum Gasteiger partial charge on any atom is -0.450 e. The van der Waals surface area contributed by atoms with E-state index in [0.717, 1.165) is 41.2 Å². The van der Waals surface area contributed by atoms with Crippen LogP contribution in [0.2, 0.25) is 0 Å². The Bertz CT molecular complexity index is 1210. The minimum absolute atomic E-state index is 0.277. The number of anilines is 2. The van der Waals surface area contributed by atoms with Crippen LogP contribution >= 0.6 is 0 Å². The van der Waals surface area contributed by atoms with Gasteiger partial charge in [-0.15, -0.1) is 0 Å². The number of hydrogen-bond donors (Lipinski definition) is 2. The van der Waals surface area contributed by atoms with E-state index in [0.29, 0.717) is 17.0 Å². The number of carbonyl (C=O) groups is 1. The van der Waals surface area contributed by atoms with E-state index in [2.05, 4.69) is 22.5 Å². The number of pyridine rings is 1. The van der Waals surface area contributed by atoms with Crippen LogP contribution in [-0.4, -0.2) is 34.2 Å². The molecule has 0 bridgehead atoms. The summed E-state index contributed by atoms with van der Waals surface area (Å²) in [5.74, 6) is 0.357. The lowest BCUT2D eigenvalue weighted by atomic mass is 10.0. The number of benzene rings is 2. The average Bonchev–Trinajstić information content (AvgIpc) is 2.83. The van der Waals surface area contributed by atoms with Gasteiger partial charge in [0.05, 0.1) is 23.7 Å². The third-order valence-electron chi connectivity index (χ3n) is 4.81. The Morgan fingerprint density at radius 2 is 1.50 bits per heavy atom. The fraction of sp³-hybridized carbons (Fsp3) is 0.200. The summed E-state index contributed by atoms with van der Waals surface area (Å²) >= 11 is 0. The van der Waals surface area contributed by atoms with Crippen molar-refractivity contribution < 1.29 is 9.53 Å². The molecule has 162 valence electrons. The van der Waals surface area contributed by atoms with Crippen molar-refractivity contribution in [2.24, 2.45) is 0 Å². The van der Waals surface area contributed by atoms with Crippen LogP contribution in [0, 0.1) is 0 Å². The van der Waals surface area contributed by atoms with Gasteiger partial charge in [0.25, 0.3) is 0 Å². The largest absolute Gasteiger partial charge is 0.450 e. The van der Waals surface area contributed by atoms with E-state index in [1.54, 1.807) is 13.0 Å². The zero-order valence-electron chi connectivity index (χ0n) is 18.1. The maximum Gasteiger partial charge on any atom is 0.412 e. The van der Waals surface area contributed by atoms with Gasteiger partial charge in [0.15, 0.2) is 5.65 Å². The first-order valence-electron chi connectivity index (χ1n) is 10.7. The molecule has 4 aromatic rings. The third-order valence-corrected chi connectivity index (χ3v) is 4.81. The number of aromatic nitrogens is 3. The molecule has 0 saturated heterocycles. The summed E-state index contributed by atoms with van der Waals surface area (Å²) in [5, 5.41) is 6.06. The van der Waals surface area contributed by atoms with Gasteiger partial charge >= 0.3 is 6.09 Å². The van der Waals surface area contributed by atoms with E-state index in [1.807, 2.05) is 60.7 Å². The summed E-state index contributed by atoms with van der Waals surface area (Å²) in [6.07, 6.45) is 0.379. The molecule has 0 unspecified atom stereocenters. The van der Waals surface area contributed by atoms with E-state index in [1.165, 1.54) is 0 Å². The molecule has 2 heterocycles. The van der Waals surface area contributed by atoms with Crippen LogP contribution in [0.3, 0.4) is 0 Å². The Balaban J connectivity index is 1.93. The second-order valence-electron chi connectivity index (χ2n) is 7.15. The number of carbonyl (C=O) groups excluding carboxylic acids is 1. The Morgan fingerprint density at radius 1 is 0.875 bits per heavy atom. The van der Waals surface area contributed by atoms with E-state index in [-0.39, 0.29) is 6.61 Å². The first-order chi connectivity index (χ1) is 15.7. The SMILES string of the molecule is CCCNc1cc(NC(=O)OCC)nc2nc(-c3ccccc3)c(-c3ccccc3)nc12. The predicted molar refractivity (Wildman–Crippen MR) is 128 cm³/mol. The van der Waals surface area contributed by atoms with Gasteiger partial charge in [-0.25, -0.2) is 19.7 Å². The summed E-state index contributed by atoms with van der Waals surface area (Å²) in [6.45, 7) is 4.87. The van der Waals surface area contributed by atoms with Crippen LogP contribution in [0.5, 0.6) is 0 Å². The molecule has 7 heteroatoms. The van der Waals surface area contributed by atoms with E-state index < -0.39 is 6.09 Å². The molecule has 7 nitrogen and oxygen atoms in total. The molecule has 0 atom stereocenters. The first-order valence-corrected chi connectivity index (χ1v) is 10.7. The lowest BCUT2D eigenvalue weighted by molar-refractivity contribution is 0.168. The normalized spacial score (nSPS) is 10.7. The van der Waals surface area contributed by atoms with Gasteiger partial charge < -0.3 is 10.1 Å². The van der Waals surface area contributed by atoms with Crippen molar-refractivity contribution in [3.05, 3.63) is 66.7 Å². The first kappa shape index (κ1) is 21.2. The van der Waals surface area contributed by atoms with Crippen molar-refractivity contribution in [2.45, 2.75) is 20.3 Å². The molecule has 0 aliphatic rings. The number of rotatable bonds is 7. The topological polar surface area (TPSA) is 89.0 Å². The zero-order chi connectivity index (χ0) is 22.3. The van der Waals surface area contributed by atoms with Crippen molar-refractivity contribution >= 4 is 28.8 Å². The quantitative estimate of drug-likeness (QED) is 0.390. The van der Waals surface area contributed by atoms with Crippen LogP contribution in [0.15, 0.2) is 66.7 Å². The molecule has 0 aliphatic carbocycles. The molecule has 2 N–H and O–H groups in total. The molecule has 0 radical (unpaired) electrons. The Labute approximate surface area is 186 Å². The Kier molecular flexibility index (Phi) is 6.55. The summed E-state index contributed by atoms with van der Waals surface area (Å²) in [6, 6.07) is 21.6. The Morgan fingerprint density at radius 3 is 2.09 bits per heavy atom. The summed E-state index contributed by atoms with van der Waals surface area (Å²) < 4.78 is 5.00. The highest BCUT2D eigenvalue weighted by molar-refractivity contribution is 5.94. The molecule has 0 aliphatic heterocycles. The molecule has 0 fully saturated rings. The minimum atomic E-state index is -0.557. The molecule has 2 aromatic carbocycles. The second-order valence-corrected chi connectivity index (χ2v) is 7.15. The fourth-order valence-corrected chi connectivity index (χ4v) is 3.36. The molecule has 4 rings (SSSR count). The predicted octanol–water partition coefficient (Wildman–Crippen LogP) is 5.75. The standard InChI is InChI=1S/C25H25N5O2/c1-3-15-26-19-16-20(28-25(31)32-4-2)27-24-23(19)29-21(17-11-7-5-8-12-17)22(30-24)18-13-9-6-10-14-18/h5-14,16H,3-4,15H2,1-2H3,(H2,26,27,28,30,31). The summed E-state index contributed by atoms with van der Waals surface area (Å²) in [5.41, 5.74) is 5.25. The highest BCUT2D eigenvalue weighted by Gasteiger charge is 2.17. The van der Waals surface area contributed by atoms with Gasteiger partial charge in [0.1, 0.15) is 11.3 Å². The van der Waals surface area contributed by atoms with Crippen LogP contribution in [0.25, 0.3) is 33.7 Å². The van der Waals surface area contributed by atoms with E-state index in [4.69, 9.17) is 14.7 Å². The maximum absolute atomic E-state index is 12.0. The number of ether oxygens (including phenoxy) is 1. The van der Waals surface area contributed by atoms with Crippen LogP contribution in [-0.2, 0) is 4.74 Å². The van der Waals surface area contributed by atoms with Crippen molar-refractivity contribution in [2.75, 3.05) is 23.8 Å². The van der Waals surface area contributed by atoms with Gasteiger partial charge in [-0.2, -0.15) is 0 Å². The summed E-state index contributed by atoms with van der Waals surface area (Å²) in [4.78, 5) is 26.4. The molecule has 0 saturated carbocycles. The van der Waals surface area contributed by atoms with Crippen molar-refractivity contribution in [3.63, 3.8) is 0 Å². The highest BCUT2D eigenvalue weighted by Crippen LogP contribution is 2.33. The van der Waals surface area contributed by atoms with Crippen LogP contribution in [0.1, 0.15) is 20.3 Å².